The lowest BCUT2D eigenvalue weighted by Gasteiger charge is -2.22. The normalized spacial score (nSPS) is 17.8. The monoisotopic (exact) mass is 343 g/mol. The van der Waals surface area contributed by atoms with Crippen LogP contribution in [0.3, 0.4) is 0 Å². The Morgan fingerprint density at radius 1 is 1.12 bits per heavy atom. The molecule has 3 aromatic rings. The van der Waals surface area contributed by atoms with Crippen LogP contribution in [0.5, 0.6) is 5.88 Å². The first-order valence-corrected chi connectivity index (χ1v) is 8.48. The zero-order chi connectivity index (χ0) is 17.2. The Labute approximate surface area is 144 Å². The number of rotatable bonds is 4. The number of benzene rings is 2. The van der Waals surface area contributed by atoms with Gasteiger partial charge < -0.3 is 10.1 Å². The fraction of sp³-hybridized carbons (Fsp3) is 0.316. The Kier molecular flexibility index (Phi) is 4.36. The van der Waals surface area contributed by atoms with E-state index in [1.807, 2.05) is 0 Å². The summed E-state index contributed by atoms with van der Waals surface area (Å²) in [6.07, 6.45) is 2.24. The molecule has 1 N–H and O–H groups in total. The SMILES string of the molecule is Fc1ccc(-n2nc(OCC3CCCNC3)c3cc(F)ccc32)cc1. The van der Waals surface area contributed by atoms with E-state index in [1.54, 1.807) is 22.9 Å². The van der Waals surface area contributed by atoms with E-state index in [4.69, 9.17) is 4.74 Å². The van der Waals surface area contributed by atoms with E-state index >= 15 is 0 Å². The molecular formula is C19H19F2N3O. The van der Waals surface area contributed by atoms with Crippen LogP contribution in [-0.2, 0) is 0 Å². The van der Waals surface area contributed by atoms with Crippen molar-refractivity contribution in [3.8, 4) is 11.6 Å². The zero-order valence-electron chi connectivity index (χ0n) is 13.7. The molecule has 25 heavy (non-hydrogen) atoms. The number of hydrogen-bond donors (Lipinski definition) is 1. The van der Waals surface area contributed by atoms with Crippen molar-refractivity contribution in [3.05, 3.63) is 54.1 Å². The van der Waals surface area contributed by atoms with E-state index in [-0.39, 0.29) is 11.6 Å². The van der Waals surface area contributed by atoms with Gasteiger partial charge in [-0.1, -0.05) is 0 Å². The van der Waals surface area contributed by atoms with Crippen LogP contribution in [-0.4, -0.2) is 29.5 Å². The van der Waals surface area contributed by atoms with Gasteiger partial charge in [0.2, 0.25) is 5.88 Å². The highest BCUT2D eigenvalue weighted by Crippen LogP contribution is 2.29. The standard InChI is InChI=1S/C19H19F2N3O/c20-14-3-6-16(7-4-14)24-18-8-5-15(21)10-17(18)19(23-24)25-12-13-2-1-9-22-11-13/h3-8,10,13,22H,1-2,9,11-12H2. The smallest absolute Gasteiger partial charge is 0.241 e. The average molecular weight is 343 g/mol. The van der Waals surface area contributed by atoms with Crippen molar-refractivity contribution < 1.29 is 13.5 Å². The number of aromatic nitrogens is 2. The summed E-state index contributed by atoms with van der Waals surface area (Å²) in [7, 11) is 0. The second-order valence-corrected chi connectivity index (χ2v) is 6.38. The van der Waals surface area contributed by atoms with Crippen LogP contribution >= 0.6 is 0 Å². The van der Waals surface area contributed by atoms with Crippen molar-refractivity contribution >= 4 is 10.9 Å². The van der Waals surface area contributed by atoms with Crippen LogP contribution in [0.15, 0.2) is 42.5 Å². The van der Waals surface area contributed by atoms with Crippen molar-refractivity contribution in [1.82, 2.24) is 15.1 Å². The molecule has 130 valence electrons. The zero-order valence-corrected chi connectivity index (χ0v) is 13.7. The minimum Gasteiger partial charge on any atom is -0.476 e. The van der Waals surface area contributed by atoms with Crippen molar-refractivity contribution in [2.75, 3.05) is 19.7 Å². The molecule has 1 saturated heterocycles. The van der Waals surface area contributed by atoms with Crippen LogP contribution in [0.4, 0.5) is 8.78 Å². The van der Waals surface area contributed by atoms with E-state index in [1.165, 1.54) is 24.3 Å². The Morgan fingerprint density at radius 3 is 2.68 bits per heavy atom. The summed E-state index contributed by atoms with van der Waals surface area (Å²) in [5.41, 5.74) is 1.43. The highest BCUT2D eigenvalue weighted by molar-refractivity contribution is 5.86. The molecule has 0 bridgehead atoms. The predicted octanol–water partition coefficient (Wildman–Crippen LogP) is 3.68. The molecule has 6 heteroatoms. The third-order valence-electron chi connectivity index (χ3n) is 4.53. The first-order chi connectivity index (χ1) is 12.2. The molecule has 0 saturated carbocycles. The average Bonchev–Trinajstić information content (AvgIpc) is 2.99. The van der Waals surface area contributed by atoms with Crippen LogP contribution in [0.1, 0.15) is 12.8 Å². The summed E-state index contributed by atoms with van der Waals surface area (Å²) in [6, 6.07) is 10.5. The summed E-state index contributed by atoms with van der Waals surface area (Å²) in [5, 5.41) is 8.47. The Balaban J connectivity index is 1.68. The van der Waals surface area contributed by atoms with Crippen molar-refractivity contribution in [1.29, 1.82) is 0 Å². The second kappa shape index (κ2) is 6.80. The van der Waals surface area contributed by atoms with Crippen molar-refractivity contribution in [2.24, 2.45) is 5.92 Å². The summed E-state index contributed by atoms with van der Waals surface area (Å²) < 4.78 is 34.5. The fourth-order valence-corrected chi connectivity index (χ4v) is 3.21. The highest BCUT2D eigenvalue weighted by Gasteiger charge is 2.18. The van der Waals surface area contributed by atoms with Gasteiger partial charge >= 0.3 is 0 Å². The molecule has 0 amide bonds. The highest BCUT2D eigenvalue weighted by atomic mass is 19.1. The van der Waals surface area contributed by atoms with Crippen LogP contribution < -0.4 is 10.1 Å². The lowest BCUT2D eigenvalue weighted by molar-refractivity contribution is 0.213. The second-order valence-electron chi connectivity index (χ2n) is 6.38. The maximum Gasteiger partial charge on any atom is 0.241 e. The van der Waals surface area contributed by atoms with Crippen molar-refractivity contribution in [2.45, 2.75) is 12.8 Å². The third kappa shape index (κ3) is 3.35. The Morgan fingerprint density at radius 2 is 1.92 bits per heavy atom. The first kappa shape index (κ1) is 16.0. The maximum absolute atomic E-state index is 13.7. The van der Waals surface area contributed by atoms with Crippen LogP contribution in [0.2, 0.25) is 0 Å². The molecule has 2 aromatic carbocycles. The van der Waals surface area contributed by atoms with Gasteiger partial charge in [0.15, 0.2) is 0 Å². The van der Waals surface area contributed by atoms with Gasteiger partial charge in [0.05, 0.1) is 23.2 Å². The third-order valence-corrected chi connectivity index (χ3v) is 4.53. The number of piperidine rings is 1. The van der Waals surface area contributed by atoms with Gasteiger partial charge in [-0.15, -0.1) is 5.10 Å². The number of ether oxygens (including phenoxy) is 1. The first-order valence-electron chi connectivity index (χ1n) is 8.48. The number of halogens is 2. The lowest BCUT2D eigenvalue weighted by Crippen LogP contribution is -2.33. The summed E-state index contributed by atoms with van der Waals surface area (Å²) >= 11 is 0. The molecule has 0 spiro atoms. The van der Waals surface area contributed by atoms with E-state index < -0.39 is 0 Å². The topological polar surface area (TPSA) is 39.1 Å². The Hall–Kier alpha value is -2.47. The number of nitrogens with one attached hydrogen (secondary N) is 1. The van der Waals surface area contributed by atoms with E-state index in [9.17, 15) is 8.78 Å². The van der Waals surface area contributed by atoms with E-state index in [0.717, 1.165) is 31.4 Å². The number of fused-ring (bicyclic) bond motifs is 1. The van der Waals surface area contributed by atoms with E-state index in [0.29, 0.717) is 29.5 Å². The minimum atomic E-state index is -0.338. The molecule has 0 aliphatic carbocycles. The summed E-state index contributed by atoms with van der Waals surface area (Å²) in [4.78, 5) is 0. The quantitative estimate of drug-likeness (QED) is 0.785. The molecular weight excluding hydrogens is 324 g/mol. The lowest BCUT2D eigenvalue weighted by atomic mass is 10.0. The molecule has 4 nitrogen and oxygen atoms in total. The van der Waals surface area contributed by atoms with Gasteiger partial charge in [-0.05, 0) is 61.9 Å². The largest absolute Gasteiger partial charge is 0.476 e. The molecule has 2 heterocycles. The Bertz CT molecular complexity index is 870. The van der Waals surface area contributed by atoms with Crippen molar-refractivity contribution in [3.63, 3.8) is 0 Å². The van der Waals surface area contributed by atoms with Gasteiger partial charge in [0, 0.05) is 12.5 Å². The molecule has 1 unspecified atom stereocenters. The van der Waals surface area contributed by atoms with Crippen LogP contribution in [0.25, 0.3) is 16.6 Å². The molecule has 1 atom stereocenters. The molecule has 1 aromatic heterocycles. The van der Waals surface area contributed by atoms with Gasteiger partial charge in [-0.3, -0.25) is 0 Å². The molecule has 0 radical (unpaired) electrons. The van der Waals surface area contributed by atoms with Gasteiger partial charge in [-0.2, -0.15) is 0 Å². The number of hydrogen-bond acceptors (Lipinski definition) is 3. The summed E-state index contributed by atoms with van der Waals surface area (Å²) in [5.74, 6) is 0.181. The number of nitrogens with zero attached hydrogens (tertiary/aromatic N) is 2. The summed E-state index contributed by atoms with van der Waals surface area (Å²) in [6.45, 7) is 2.51. The van der Waals surface area contributed by atoms with Crippen LogP contribution in [0, 0.1) is 17.6 Å². The minimum absolute atomic E-state index is 0.312. The molecule has 1 fully saturated rings. The van der Waals surface area contributed by atoms with Gasteiger partial charge in [-0.25, -0.2) is 13.5 Å². The molecule has 4 rings (SSSR count). The maximum atomic E-state index is 13.7. The van der Waals surface area contributed by atoms with Gasteiger partial charge in [0.1, 0.15) is 11.6 Å². The van der Waals surface area contributed by atoms with E-state index in [2.05, 4.69) is 10.4 Å². The molecule has 1 aliphatic rings. The fourth-order valence-electron chi connectivity index (χ4n) is 3.21. The predicted molar refractivity (Wildman–Crippen MR) is 92.1 cm³/mol. The van der Waals surface area contributed by atoms with Gasteiger partial charge in [0.25, 0.3) is 0 Å². The molecule has 1 aliphatic heterocycles.